The first kappa shape index (κ1) is 83.7. The van der Waals surface area contributed by atoms with Crippen molar-refractivity contribution in [3.63, 3.8) is 0 Å². The van der Waals surface area contributed by atoms with Crippen molar-refractivity contribution in [3.8, 4) is 0 Å². The number of likely N-dealkylation sites (N-methyl/N-ethyl adjacent to an activating group) is 7. The molecule has 0 aromatic heterocycles. The molecule has 6 bridgehead atoms. The monoisotopic (exact) mass is 1480 g/mol. The zero-order valence-corrected chi connectivity index (χ0v) is 64.4. The molecule has 4 aliphatic carbocycles. The number of amides is 12. The van der Waals surface area contributed by atoms with Gasteiger partial charge in [-0.05, 0) is 126 Å². The van der Waals surface area contributed by atoms with Crippen LogP contribution in [0.2, 0.25) is 0 Å². The summed E-state index contributed by atoms with van der Waals surface area (Å²) < 4.78 is 54.5. The molecule has 6 aliphatic heterocycles. The van der Waals surface area contributed by atoms with Gasteiger partial charge in [-0.1, -0.05) is 96.6 Å². The van der Waals surface area contributed by atoms with Crippen LogP contribution in [0.5, 0.6) is 0 Å². The Labute approximate surface area is 619 Å². The molecule has 590 valence electrons. The number of fused-ring (bicyclic) bond motifs is 22. The number of hydrogen-bond donors (Lipinski definition) is 3. The lowest BCUT2D eigenvalue weighted by Gasteiger charge is -2.46. The minimum absolute atomic E-state index is 0.0176. The van der Waals surface area contributed by atoms with E-state index in [9.17, 15) is 32.3 Å². The van der Waals surface area contributed by atoms with E-state index < -0.39 is 180 Å². The Morgan fingerprint density at radius 1 is 0.629 bits per heavy atom. The highest BCUT2D eigenvalue weighted by Crippen LogP contribution is 2.44. The van der Waals surface area contributed by atoms with Crippen LogP contribution in [0.3, 0.4) is 0 Å². The van der Waals surface area contributed by atoms with Gasteiger partial charge in [-0.3, -0.25) is 57.5 Å². The number of carbonyl (C=O) groups is 12. The lowest BCUT2D eigenvalue weighted by atomic mass is 9.74. The van der Waals surface area contributed by atoms with Crippen molar-refractivity contribution in [2.45, 2.75) is 266 Å². The highest BCUT2D eigenvalue weighted by atomic mass is 19.4. The van der Waals surface area contributed by atoms with Gasteiger partial charge in [0.1, 0.15) is 53.9 Å². The topological polar surface area (TPSA) is 289 Å². The van der Waals surface area contributed by atoms with E-state index >= 15 is 38.4 Å². The zero-order valence-electron chi connectivity index (χ0n) is 64.4. The molecule has 26 nitrogen and oxygen atoms in total. The Morgan fingerprint density at radius 2 is 1.28 bits per heavy atom. The molecule has 10 aliphatic rings. The number of halogens is 3. The number of nitrogens with zero attached hydrogens (tertiary/aromatic N) is 9. The van der Waals surface area contributed by atoms with Crippen LogP contribution in [-0.4, -0.2) is 284 Å². The molecule has 1 spiro atoms. The first-order valence-electron chi connectivity index (χ1n) is 38.9. The normalized spacial score (nSPS) is 32.5. The van der Waals surface area contributed by atoms with Gasteiger partial charge in [0, 0.05) is 89.6 Å². The largest absolute Gasteiger partial charge is 0.394 e. The summed E-state index contributed by atoms with van der Waals surface area (Å²) >= 11 is 0. The van der Waals surface area contributed by atoms with Crippen molar-refractivity contribution in [2.75, 3.05) is 96.3 Å². The van der Waals surface area contributed by atoms with Gasteiger partial charge >= 0.3 is 6.18 Å². The molecule has 10 rings (SSSR count). The third-order valence-corrected chi connectivity index (χ3v) is 24.8. The fourth-order valence-electron chi connectivity index (χ4n) is 17.8. The minimum Gasteiger partial charge on any atom is -0.381 e. The van der Waals surface area contributed by atoms with Crippen molar-refractivity contribution in [1.82, 2.24) is 60.0 Å². The molecule has 6 heterocycles. The molecule has 0 radical (unpaired) electrons. The Kier molecular flexibility index (Phi) is 29.7. The second-order valence-electron chi connectivity index (χ2n) is 32.0. The number of nitrogens with one attached hydrogen (secondary N) is 3. The van der Waals surface area contributed by atoms with E-state index in [2.05, 4.69) is 16.0 Å². The van der Waals surface area contributed by atoms with Gasteiger partial charge in [0.05, 0.1) is 37.6 Å². The van der Waals surface area contributed by atoms with Crippen LogP contribution in [0.4, 0.5) is 13.2 Å². The third kappa shape index (κ3) is 20.3. The van der Waals surface area contributed by atoms with E-state index in [1.165, 1.54) is 108 Å². The lowest BCUT2D eigenvalue weighted by Crippen LogP contribution is -2.68. The quantitative estimate of drug-likeness (QED) is 0.182. The second kappa shape index (κ2) is 37.3. The van der Waals surface area contributed by atoms with Gasteiger partial charge in [0.2, 0.25) is 70.9 Å². The highest BCUT2D eigenvalue weighted by Gasteiger charge is 2.54. The van der Waals surface area contributed by atoms with Crippen molar-refractivity contribution >= 4 is 70.9 Å². The maximum Gasteiger partial charge on any atom is 0.394 e. The molecule has 0 aromatic carbocycles. The second-order valence-corrected chi connectivity index (χ2v) is 32.0. The average Bonchev–Trinajstić information content (AvgIpc) is 1.74. The maximum atomic E-state index is 15.7. The fraction of sp³-hybridized carbons (Fsp3) is 0.816. The summed E-state index contributed by atoms with van der Waals surface area (Å²) in [5, 5.41) is 8.91. The number of methoxy groups -OCH3 is 1. The Bertz CT molecular complexity index is 3120. The van der Waals surface area contributed by atoms with Gasteiger partial charge in [-0.2, -0.15) is 13.2 Å². The summed E-state index contributed by atoms with van der Waals surface area (Å²) in [7, 11) is 12.9. The van der Waals surface area contributed by atoms with Gasteiger partial charge in [-0.15, -0.1) is 0 Å². The third-order valence-electron chi connectivity index (χ3n) is 24.8. The van der Waals surface area contributed by atoms with Gasteiger partial charge in [0.25, 0.3) is 0 Å². The van der Waals surface area contributed by atoms with Crippen LogP contribution in [0, 0.1) is 35.5 Å². The summed E-state index contributed by atoms with van der Waals surface area (Å²) in [5.41, 5.74) is -1.58. The van der Waals surface area contributed by atoms with E-state index in [0.717, 1.165) is 51.4 Å². The highest BCUT2D eigenvalue weighted by molar-refractivity contribution is 6.01. The molecular formula is C76H121F3N12O14. The Hall–Kier alpha value is -6.91. The van der Waals surface area contributed by atoms with Crippen LogP contribution in [0.25, 0.3) is 0 Å². The zero-order chi connectivity index (χ0) is 76.9. The molecule has 29 heteroatoms. The molecule has 9 fully saturated rings. The lowest BCUT2D eigenvalue weighted by molar-refractivity contribution is -0.215. The summed E-state index contributed by atoms with van der Waals surface area (Å²) in [4.78, 5) is 194. The van der Waals surface area contributed by atoms with Crippen LogP contribution < -0.4 is 16.0 Å². The standard InChI is InChI=1S/C76H121F3N12O14/c1-13-47(3)64-72(101)85(7)46-63(94)87(9)56-28-19-16-22-39-90(71(56)100)59-40-49-31-29-48(30-32-49)24-17-15-18-27-55(66(95)81-64)86(8)62(93)43-58(69(98)83(4)5)88(10)73(102)65(51-25-20-21-26-51)89(11)74(103)75(37-23-38-75)82-67(96)57-42-52(105-14-2)44-91(57)68(97)54(80-61(92)45-84(6)70(59)99)36-34-50-33-35-53(76(77,78)79)60(41-50)104-12/h16,19,47-60,64-65H,13-15,17-18,20-46H2,1-12H3,(H,80,92)(H,81,95)(H,82,96)/b19-16-/t47-,48?,49?,50?,52+,53?,54-,55-,56-,57-,58-,59-,60?,64-,65-/m0/s1. The number of alkyl halides is 3. The average molecular weight is 1480 g/mol. The first-order valence-corrected chi connectivity index (χ1v) is 38.9. The van der Waals surface area contributed by atoms with Crippen LogP contribution >= 0.6 is 0 Å². The van der Waals surface area contributed by atoms with Crippen LogP contribution in [-0.2, 0) is 67.0 Å². The number of rotatable bonds is 10. The molecule has 3 N–H and O–H groups in total. The van der Waals surface area contributed by atoms with Gasteiger partial charge in [0.15, 0.2) is 0 Å². The van der Waals surface area contributed by atoms with E-state index in [1.54, 1.807) is 19.9 Å². The Balaban J connectivity index is 1.23. The molecule has 105 heavy (non-hydrogen) atoms. The van der Waals surface area contributed by atoms with E-state index in [1.807, 2.05) is 13.0 Å². The summed E-state index contributed by atoms with van der Waals surface area (Å²) in [6.07, 6.45) is 7.14. The summed E-state index contributed by atoms with van der Waals surface area (Å²) in [5.74, 6) is -10.3. The molecule has 12 amide bonds. The van der Waals surface area contributed by atoms with Gasteiger partial charge in [-0.25, -0.2) is 0 Å². The first-order chi connectivity index (χ1) is 49.7. The van der Waals surface area contributed by atoms with Crippen molar-refractivity contribution in [3.05, 3.63) is 12.2 Å². The van der Waals surface area contributed by atoms with E-state index in [4.69, 9.17) is 9.47 Å². The number of hydrogen-bond acceptors (Lipinski definition) is 14. The summed E-state index contributed by atoms with van der Waals surface area (Å²) in [6.45, 7) is 4.41. The molecule has 5 saturated heterocycles. The van der Waals surface area contributed by atoms with Crippen LogP contribution in [0.1, 0.15) is 194 Å². The molecule has 4 saturated carbocycles. The predicted molar refractivity (Wildman–Crippen MR) is 384 cm³/mol. The van der Waals surface area contributed by atoms with Crippen molar-refractivity contribution in [2.24, 2.45) is 35.5 Å². The molecule has 3 unspecified atom stereocenters. The van der Waals surface area contributed by atoms with E-state index in [0.29, 0.717) is 50.9 Å². The molecule has 13 atom stereocenters. The van der Waals surface area contributed by atoms with Crippen molar-refractivity contribution < 1.29 is 80.2 Å². The van der Waals surface area contributed by atoms with Gasteiger partial charge < -0.3 is 69.5 Å². The SMILES string of the molecule is CCO[C@@H]1C[C@H]2C(=O)NC3(CCC3)C(=O)N(C)[C@@H](C3CCCC3)C(=O)N(C)[C@H](C(=O)N(C)C)CC(=O)N(C)[C@H]3CCCCCC4CCC(CC4)C[C@@H](C(=O)N(C)CC(=O)N[C@@H](CCC4CCC(C(F)(F)F)C(OC)C4)C(=O)N2C1)N1CC/C=C\C[C@@H](C1=O)N(C)C(=O)CN(C)C(=O)[C@H]([C@@H](C)CC)NC3=O. The molecular weight excluding hydrogens is 1360 g/mol. The minimum atomic E-state index is -4.52. The summed E-state index contributed by atoms with van der Waals surface area (Å²) in [6, 6.07) is -9.98. The fourth-order valence-corrected chi connectivity index (χ4v) is 17.8. The Morgan fingerprint density at radius 3 is 1.90 bits per heavy atom. The maximum absolute atomic E-state index is 15.7. The van der Waals surface area contributed by atoms with Crippen molar-refractivity contribution in [1.29, 1.82) is 0 Å². The predicted octanol–water partition coefficient (Wildman–Crippen LogP) is 5.44. The smallest absolute Gasteiger partial charge is 0.381 e. The van der Waals surface area contributed by atoms with E-state index in [-0.39, 0.29) is 102 Å². The molecule has 0 aromatic rings. The van der Waals surface area contributed by atoms with Crippen LogP contribution in [0.15, 0.2) is 12.2 Å². The number of carbonyl (C=O) groups excluding carboxylic acids is 12. The number of ether oxygens (including phenoxy) is 2.